The largest absolute Gasteiger partial charge is 0.310 e. The van der Waals surface area contributed by atoms with Crippen molar-refractivity contribution in [3.05, 3.63) is 206 Å². The Bertz CT molecular complexity index is 2870. The van der Waals surface area contributed by atoms with E-state index in [0.717, 1.165) is 22.7 Å². The Hall–Kier alpha value is -6.90. The summed E-state index contributed by atoms with van der Waals surface area (Å²) in [6.45, 7) is 0. The van der Waals surface area contributed by atoms with Crippen LogP contribution < -0.4 is 4.90 Å². The van der Waals surface area contributed by atoms with Crippen molar-refractivity contribution in [2.75, 3.05) is 4.90 Å². The zero-order chi connectivity index (χ0) is 34.4. The third-order valence-corrected chi connectivity index (χ3v) is 10.4. The Morgan fingerprint density at radius 2 is 0.827 bits per heavy atom. The van der Waals surface area contributed by atoms with E-state index in [0.29, 0.717) is 0 Å². The van der Waals surface area contributed by atoms with E-state index in [4.69, 9.17) is 0 Å². The summed E-state index contributed by atoms with van der Waals surface area (Å²) in [6, 6.07) is 74.7. The van der Waals surface area contributed by atoms with E-state index in [-0.39, 0.29) is 0 Å². The maximum atomic E-state index is 2.39. The van der Waals surface area contributed by atoms with Crippen LogP contribution in [0.3, 0.4) is 0 Å². The smallest absolute Gasteiger partial charge is 0.0561 e. The summed E-state index contributed by atoms with van der Waals surface area (Å²) < 4.78 is 2.39. The molecule has 2 heteroatoms. The SMILES string of the molecule is c1ccc(-c2ccc(N(c3ccc(-c4cc5ccccc5c5ccccc45)cc3)c3ccc4c5ccccc5n(-c5ccccc5)c4c3)cc2)cc1. The lowest BCUT2D eigenvalue weighted by atomic mass is 9.93. The highest BCUT2D eigenvalue weighted by Crippen LogP contribution is 2.42. The molecule has 244 valence electrons. The fraction of sp³-hybridized carbons (Fsp3) is 0. The molecule has 52 heavy (non-hydrogen) atoms. The highest BCUT2D eigenvalue weighted by molar-refractivity contribution is 6.14. The molecule has 0 unspecified atom stereocenters. The van der Waals surface area contributed by atoms with Gasteiger partial charge in [0.1, 0.15) is 0 Å². The molecule has 0 radical (unpaired) electrons. The van der Waals surface area contributed by atoms with E-state index in [2.05, 4.69) is 216 Å². The number of rotatable bonds is 6. The van der Waals surface area contributed by atoms with Gasteiger partial charge in [-0.2, -0.15) is 0 Å². The van der Waals surface area contributed by atoms with Crippen LogP contribution in [0.4, 0.5) is 17.1 Å². The van der Waals surface area contributed by atoms with Crippen molar-refractivity contribution in [3.8, 4) is 27.9 Å². The first-order valence-corrected chi connectivity index (χ1v) is 17.9. The van der Waals surface area contributed by atoms with Crippen LogP contribution >= 0.6 is 0 Å². The van der Waals surface area contributed by atoms with Gasteiger partial charge in [-0.1, -0.05) is 146 Å². The van der Waals surface area contributed by atoms with Crippen molar-refractivity contribution >= 4 is 60.4 Å². The molecule has 0 saturated carbocycles. The van der Waals surface area contributed by atoms with E-state index in [1.165, 1.54) is 65.6 Å². The summed E-state index contributed by atoms with van der Waals surface area (Å²) in [6.07, 6.45) is 0. The molecule has 10 aromatic rings. The first kappa shape index (κ1) is 30.0. The summed E-state index contributed by atoms with van der Waals surface area (Å²) in [5.74, 6) is 0. The van der Waals surface area contributed by atoms with Crippen molar-refractivity contribution < 1.29 is 0 Å². The standard InChI is InChI=1S/C50H34N2/c1-3-13-35(14-4-1)36-23-27-40(28-24-36)51(42-31-32-47-46-21-11-12-22-49(46)52(50(47)34-42)39-16-5-2-6-17-39)41-29-25-37(26-30-41)48-33-38-15-7-8-18-43(38)44-19-9-10-20-45(44)48/h1-34H. The maximum absolute atomic E-state index is 2.39. The van der Waals surface area contributed by atoms with Gasteiger partial charge in [0, 0.05) is 33.5 Å². The topological polar surface area (TPSA) is 8.17 Å². The lowest BCUT2D eigenvalue weighted by Crippen LogP contribution is -2.10. The predicted octanol–water partition coefficient (Wildman–Crippen LogP) is 13.9. The van der Waals surface area contributed by atoms with Crippen molar-refractivity contribution in [1.29, 1.82) is 0 Å². The van der Waals surface area contributed by atoms with Crippen LogP contribution in [0.1, 0.15) is 0 Å². The lowest BCUT2D eigenvalue weighted by Gasteiger charge is -2.26. The molecule has 0 bridgehead atoms. The van der Waals surface area contributed by atoms with Crippen LogP contribution in [-0.2, 0) is 0 Å². The lowest BCUT2D eigenvalue weighted by molar-refractivity contribution is 1.18. The fourth-order valence-electron chi connectivity index (χ4n) is 7.92. The number of hydrogen-bond donors (Lipinski definition) is 0. The van der Waals surface area contributed by atoms with Gasteiger partial charge in [0.05, 0.1) is 11.0 Å². The molecule has 0 N–H and O–H groups in total. The third kappa shape index (κ3) is 5.04. The number of anilines is 3. The van der Waals surface area contributed by atoms with Gasteiger partial charge in [0.25, 0.3) is 0 Å². The number of aromatic nitrogens is 1. The van der Waals surface area contributed by atoms with Gasteiger partial charge in [0.2, 0.25) is 0 Å². The van der Waals surface area contributed by atoms with Crippen molar-refractivity contribution in [2.24, 2.45) is 0 Å². The minimum absolute atomic E-state index is 1.10. The molecule has 0 saturated heterocycles. The highest BCUT2D eigenvalue weighted by Gasteiger charge is 2.18. The summed E-state index contributed by atoms with van der Waals surface area (Å²) in [4.78, 5) is 2.38. The average Bonchev–Trinajstić information content (AvgIpc) is 3.55. The molecule has 9 aromatic carbocycles. The van der Waals surface area contributed by atoms with Gasteiger partial charge < -0.3 is 9.47 Å². The van der Waals surface area contributed by atoms with E-state index in [1.54, 1.807) is 0 Å². The molecule has 0 aliphatic heterocycles. The normalized spacial score (nSPS) is 11.5. The Balaban J connectivity index is 1.15. The number of hydrogen-bond acceptors (Lipinski definition) is 1. The quantitative estimate of drug-likeness (QED) is 0.161. The van der Waals surface area contributed by atoms with E-state index < -0.39 is 0 Å². The molecule has 0 spiro atoms. The monoisotopic (exact) mass is 662 g/mol. The highest BCUT2D eigenvalue weighted by atomic mass is 15.1. The average molecular weight is 663 g/mol. The van der Waals surface area contributed by atoms with E-state index >= 15 is 0 Å². The Morgan fingerprint density at radius 3 is 1.56 bits per heavy atom. The molecule has 10 rings (SSSR count). The summed E-state index contributed by atoms with van der Waals surface area (Å²) in [5.41, 5.74) is 11.7. The molecule has 1 heterocycles. The molecule has 0 fully saturated rings. The second kappa shape index (κ2) is 12.5. The van der Waals surface area contributed by atoms with Gasteiger partial charge in [-0.05, 0) is 104 Å². The summed E-state index contributed by atoms with van der Waals surface area (Å²) >= 11 is 0. The van der Waals surface area contributed by atoms with Crippen molar-refractivity contribution in [2.45, 2.75) is 0 Å². The van der Waals surface area contributed by atoms with Gasteiger partial charge in [-0.3, -0.25) is 0 Å². The first-order valence-electron chi connectivity index (χ1n) is 17.9. The van der Waals surface area contributed by atoms with Crippen LogP contribution in [0.2, 0.25) is 0 Å². The third-order valence-electron chi connectivity index (χ3n) is 10.4. The summed E-state index contributed by atoms with van der Waals surface area (Å²) in [7, 11) is 0. The fourth-order valence-corrected chi connectivity index (χ4v) is 7.92. The van der Waals surface area contributed by atoms with Crippen molar-refractivity contribution in [3.63, 3.8) is 0 Å². The Morgan fingerprint density at radius 1 is 0.308 bits per heavy atom. The minimum Gasteiger partial charge on any atom is -0.310 e. The van der Waals surface area contributed by atoms with Crippen LogP contribution in [0.15, 0.2) is 206 Å². The molecular formula is C50H34N2. The summed E-state index contributed by atoms with van der Waals surface area (Å²) in [5, 5.41) is 7.57. The van der Waals surface area contributed by atoms with Crippen LogP contribution in [-0.4, -0.2) is 4.57 Å². The minimum atomic E-state index is 1.10. The van der Waals surface area contributed by atoms with Crippen LogP contribution in [0.25, 0.3) is 71.3 Å². The number of benzene rings is 9. The molecule has 1 aromatic heterocycles. The molecule has 0 amide bonds. The molecule has 2 nitrogen and oxygen atoms in total. The Labute approximate surface area is 303 Å². The predicted molar refractivity (Wildman–Crippen MR) is 221 cm³/mol. The van der Waals surface area contributed by atoms with Crippen LogP contribution in [0.5, 0.6) is 0 Å². The number of fused-ring (bicyclic) bond motifs is 6. The zero-order valence-electron chi connectivity index (χ0n) is 28.5. The number of para-hydroxylation sites is 2. The molecular weight excluding hydrogens is 629 g/mol. The van der Waals surface area contributed by atoms with E-state index in [1.807, 2.05) is 0 Å². The van der Waals surface area contributed by atoms with Gasteiger partial charge in [0.15, 0.2) is 0 Å². The first-order chi connectivity index (χ1) is 25.8. The van der Waals surface area contributed by atoms with Gasteiger partial charge >= 0.3 is 0 Å². The number of nitrogens with zero attached hydrogens (tertiary/aromatic N) is 2. The van der Waals surface area contributed by atoms with Crippen molar-refractivity contribution in [1.82, 2.24) is 4.57 Å². The van der Waals surface area contributed by atoms with Crippen LogP contribution in [0, 0.1) is 0 Å². The van der Waals surface area contributed by atoms with Gasteiger partial charge in [-0.15, -0.1) is 0 Å². The second-order valence-corrected chi connectivity index (χ2v) is 13.4. The van der Waals surface area contributed by atoms with Gasteiger partial charge in [-0.25, -0.2) is 0 Å². The molecule has 0 atom stereocenters. The second-order valence-electron chi connectivity index (χ2n) is 13.4. The maximum Gasteiger partial charge on any atom is 0.0561 e. The zero-order valence-corrected chi connectivity index (χ0v) is 28.5. The molecule has 0 aliphatic rings. The van der Waals surface area contributed by atoms with E-state index in [9.17, 15) is 0 Å². The Kier molecular flexibility index (Phi) is 7.18. The molecule has 0 aliphatic carbocycles.